The highest BCUT2D eigenvalue weighted by Crippen LogP contribution is 1.94. The second-order valence-electron chi connectivity index (χ2n) is 1.80. The lowest BCUT2D eigenvalue weighted by Crippen LogP contribution is -1.95. The lowest BCUT2D eigenvalue weighted by molar-refractivity contribution is 0.172. The van der Waals surface area contributed by atoms with Gasteiger partial charge >= 0.3 is 5.43 Å². The fourth-order valence-corrected chi connectivity index (χ4v) is 0.597. The van der Waals surface area contributed by atoms with E-state index in [4.69, 9.17) is 11.6 Å². The summed E-state index contributed by atoms with van der Waals surface area (Å²) in [6.07, 6.45) is 5.74. The zero-order valence-corrected chi connectivity index (χ0v) is 6.73. The van der Waals surface area contributed by atoms with E-state index in [9.17, 15) is 4.79 Å². The van der Waals surface area contributed by atoms with Gasteiger partial charge < -0.3 is 4.74 Å². The molecule has 0 fully saturated rings. The summed E-state index contributed by atoms with van der Waals surface area (Å²) in [6.45, 7) is 2.36. The van der Waals surface area contributed by atoms with E-state index in [2.05, 4.69) is 4.74 Å². The zero-order chi connectivity index (χ0) is 7.82. The van der Waals surface area contributed by atoms with E-state index in [0.717, 1.165) is 12.8 Å². The maximum absolute atomic E-state index is 10.0. The number of rotatable bonds is 4. The summed E-state index contributed by atoms with van der Waals surface area (Å²) in [5.74, 6) is 0. The van der Waals surface area contributed by atoms with Crippen LogP contribution in [0.4, 0.5) is 4.79 Å². The normalized spacial score (nSPS) is 10.2. The van der Waals surface area contributed by atoms with Gasteiger partial charge in [0, 0.05) is 11.6 Å². The van der Waals surface area contributed by atoms with Crippen LogP contribution < -0.4 is 0 Å². The number of halogens is 1. The first kappa shape index (κ1) is 9.50. The maximum Gasteiger partial charge on any atom is 0.403 e. The average molecular weight is 163 g/mol. The molecule has 0 N–H and O–H groups in total. The molecular weight excluding hydrogens is 152 g/mol. The number of unbranched alkanes of at least 4 members (excludes halogenated alkanes) is 1. The highest BCUT2D eigenvalue weighted by Gasteiger charge is 1.92. The molecular formula is C7H11ClO2. The van der Waals surface area contributed by atoms with E-state index < -0.39 is 5.43 Å². The van der Waals surface area contributed by atoms with Crippen LogP contribution in [0.5, 0.6) is 0 Å². The SMILES string of the molecule is CC=CCCCOC(=O)Cl. The molecule has 0 bridgehead atoms. The number of ether oxygens (including phenoxy) is 1. The molecule has 0 aliphatic heterocycles. The summed E-state index contributed by atoms with van der Waals surface area (Å²) >= 11 is 4.91. The topological polar surface area (TPSA) is 26.3 Å². The molecule has 10 heavy (non-hydrogen) atoms. The minimum Gasteiger partial charge on any atom is -0.454 e. The largest absolute Gasteiger partial charge is 0.454 e. The van der Waals surface area contributed by atoms with Gasteiger partial charge in [0.1, 0.15) is 0 Å². The van der Waals surface area contributed by atoms with E-state index >= 15 is 0 Å². The molecule has 3 heteroatoms. The van der Waals surface area contributed by atoms with Gasteiger partial charge in [0.05, 0.1) is 6.61 Å². The van der Waals surface area contributed by atoms with Gasteiger partial charge in [-0.3, -0.25) is 0 Å². The summed E-state index contributed by atoms with van der Waals surface area (Å²) in [4.78, 5) is 10.0. The van der Waals surface area contributed by atoms with Crippen LogP contribution in [0.15, 0.2) is 12.2 Å². The smallest absolute Gasteiger partial charge is 0.403 e. The highest BCUT2D eigenvalue weighted by atomic mass is 35.5. The van der Waals surface area contributed by atoms with Crippen molar-refractivity contribution in [1.82, 2.24) is 0 Å². The van der Waals surface area contributed by atoms with Crippen molar-refractivity contribution in [2.45, 2.75) is 19.8 Å². The molecule has 0 radical (unpaired) electrons. The van der Waals surface area contributed by atoms with Crippen molar-refractivity contribution >= 4 is 17.0 Å². The minimum atomic E-state index is -0.722. The molecule has 58 valence electrons. The molecule has 0 heterocycles. The lowest BCUT2D eigenvalue weighted by atomic mass is 10.3. The average Bonchev–Trinajstić information content (AvgIpc) is 1.87. The second-order valence-corrected chi connectivity index (χ2v) is 2.11. The summed E-state index contributed by atoms with van der Waals surface area (Å²) in [7, 11) is 0. The third kappa shape index (κ3) is 7.50. The van der Waals surface area contributed by atoms with Crippen LogP contribution in [-0.2, 0) is 4.74 Å². The Morgan fingerprint density at radius 1 is 1.70 bits per heavy atom. The molecule has 0 spiro atoms. The summed E-state index contributed by atoms with van der Waals surface area (Å²) in [5, 5.41) is 0. The van der Waals surface area contributed by atoms with Crippen molar-refractivity contribution in [1.29, 1.82) is 0 Å². The third-order valence-corrected chi connectivity index (χ3v) is 1.08. The Morgan fingerprint density at radius 3 is 2.90 bits per heavy atom. The van der Waals surface area contributed by atoms with Crippen molar-refractivity contribution in [3.8, 4) is 0 Å². The first-order chi connectivity index (χ1) is 4.77. The molecule has 0 aliphatic carbocycles. The number of carbonyl (C=O) groups excluding carboxylic acids is 1. The van der Waals surface area contributed by atoms with Crippen LogP contribution in [0.2, 0.25) is 0 Å². The van der Waals surface area contributed by atoms with Gasteiger partial charge in [0.25, 0.3) is 0 Å². The number of allylic oxidation sites excluding steroid dienone is 2. The Hall–Kier alpha value is -0.500. The van der Waals surface area contributed by atoms with Gasteiger partial charge in [-0.25, -0.2) is 4.79 Å². The van der Waals surface area contributed by atoms with E-state index in [0.29, 0.717) is 6.61 Å². The number of hydrogen-bond donors (Lipinski definition) is 0. The van der Waals surface area contributed by atoms with Gasteiger partial charge in [-0.2, -0.15) is 0 Å². The zero-order valence-electron chi connectivity index (χ0n) is 5.97. The Morgan fingerprint density at radius 2 is 2.40 bits per heavy atom. The molecule has 0 unspecified atom stereocenters. The van der Waals surface area contributed by atoms with Crippen molar-refractivity contribution in [3.05, 3.63) is 12.2 Å². The molecule has 0 aromatic heterocycles. The summed E-state index contributed by atoms with van der Waals surface area (Å²) < 4.78 is 4.48. The van der Waals surface area contributed by atoms with Crippen molar-refractivity contribution in [2.75, 3.05) is 6.61 Å². The van der Waals surface area contributed by atoms with Crippen molar-refractivity contribution < 1.29 is 9.53 Å². The van der Waals surface area contributed by atoms with Crippen LogP contribution in [-0.4, -0.2) is 12.0 Å². The number of carbonyl (C=O) groups is 1. The Bertz CT molecular complexity index is 121. The predicted molar refractivity (Wildman–Crippen MR) is 41.2 cm³/mol. The van der Waals surface area contributed by atoms with Crippen LogP contribution in [0.1, 0.15) is 19.8 Å². The predicted octanol–water partition coefficient (Wildman–Crippen LogP) is 2.72. The molecule has 0 aliphatic rings. The minimum absolute atomic E-state index is 0.409. The van der Waals surface area contributed by atoms with E-state index in [1.807, 2.05) is 19.1 Å². The molecule has 0 saturated heterocycles. The first-order valence-electron chi connectivity index (χ1n) is 3.20. The van der Waals surface area contributed by atoms with Gasteiger partial charge in [0.2, 0.25) is 0 Å². The molecule has 0 rings (SSSR count). The Labute approximate surface area is 65.8 Å². The van der Waals surface area contributed by atoms with E-state index in [1.165, 1.54) is 0 Å². The van der Waals surface area contributed by atoms with Gasteiger partial charge in [-0.1, -0.05) is 12.2 Å². The quantitative estimate of drug-likeness (QED) is 0.361. The fraction of sp³-hybridized carbons (Fsp3) is 0.571. The molecule has 0 saturated carbocycles. The highest BCUT2D eigenvalue weighted by molar-refractivity contribution is 6.61. The van der Waals surface area contributed by atoms with E-state index in [-0.39, 0.29) is 0 Å². The van der Waals surface area contributed by atoms with Crippen molar-refractivity contribution in [3.63, 3.8) is 0 Å². The van der Waals surface area contributed by atoms with Gasteiger partial charge in [-0.15, -0.1) is 0 Å². The van der Waals surface area contributed by atoms with Gasteiger partial charge in [-0.05, 0) is 19.8 Å². The third-order valence-electron chi connectivity index (χ3n) is 0.966. The van der Waals surface area contributed by atoms with Crippen LogP contribution >= 0.6 is 11.6 Å². The van der Waals surface area contributed by atoms with Crippen LogP contribution in [0.25, 0.3) is 0 Å². The molecule has 0 aromatic carbocycles. The van der Waals surface area contributed by atoms with Crippen molar-refractivity contribution in [2.24, 2.45) is 0 Å². The molecule has 2 nitrogen and oxygen atoms in total. The fourth-order valence-electron chi connectivity index (χ4n) is 0.520. The van der Waals surface area contributed by atoms with Crippen LogP contribution in [0.3, 0.4) is 0 Å². The van der Waals surface area contributed by atoms with Gasteiger partial charge in [0.15, 0.2) is 0 Å². The second kappa shape index (κ2) is 6.62. The van der Waals surface area contributed by atoms with E-state index in [1.54, 1.807) is 0 Å². The monoisotopic (exact) mass is 162 g/mol. The Kier molecular flexibility index (Phi) is 6.29. The first-order valence-corrected chi connectivity index (χ1v) is 3.58. The summed E-state index contributed by atoms with van der Waals surface area (Å²) in [6, 6.07) is 0. The molecule has 0 atom stereocenters. The standard InChI is InChI=1S/C7H11ClO2/c1-2-3-4-5-6-10-7(8)9/h2-3H,4-6H2,1H3. The molecule has 0 amide bonds. The summed E-state index contributed by atoms with van der Waals surface area (Å²) in [5.41, 5.74) is -0.722. The Balaban J connectivity index is 2.98. The maximum atomic E-state index is 10.0. The number of hydrogen-bond acceptors (Lipinski definition) is 2. The molecule has 0 aromatic rings. The van der Waals surface area contributed by atoms with Crippen LogP contribution in [0, 0.1) is 0 Å². The lowest BCUT2D eigenvalue weighted by Gasteiger charge is -1.95.